The van der Waals surface area contributed by atoms with Gasteiger partial charge in [-0.25, -0.2) is 4.79 Å². The average Bonchev–Trinajstić information content (AvgIpc) is 2.65. The second-order valence-electron chi connectivity index (χ2n) is 4.01. The van der Waals surface area contributed by atoms with Crippen LogP contribution in [0.25, 0.3) is 11.1 Å². The summed E-state index contributed by atoms with van der Waals surface area (Å²) in [7, 11) is 0. The number of aromatic nitrogens is 1. The number of oxazole rings is 1. The summed E-state index contributed by atoms with van der Waals surface area (Å²) in [6, 6.07) is 5.61. The number of aliphatic hydroxyl groups is 1. The fraction of sp³-hybridized carbons (Fsp3) is 0.417. The molecule has 2 aromatic rings. The molecule has 16 heavy (non-hydrogen) atoms. The molecule has 86 valence electrons. The quantitative estimate of drug-likeness (QED) is 0.825. The van der Waals surface area contributed by atoms with Crippen LogP contribution >= 0.6 is 0 Å². The minimum Gasteiger partial charge on any atom is -0.408 e. The van der Waals surface area contributed by atoms with E-state index in [0.29, 0.717) is 5.58 Å². The molecule has 0 aliphatic heterocycles. The second kappa shape index (κ2) is 4.53. The number of aromatic amines is 1. The van der Waals surface area contributed by atoms with Gasteiger partial charge < -0.3 is 9.52 Å². The van der Waals surface area contributed by atoms with E-state index in [4.69, 9.17) is 9.52 Å². The Bertz CT molecular complexity index is 522. The van der Waals surface area contributed by atoms with Gasteiger partial charge in [0.15, 0.2) is 5.58 Å². The van der Waals surface area contributed by atoms with Gasteiger partial charge in [0.1, 0.15) is 0 Å². The lowest BCUT2D eigenvalue weighted by Gasteiger charge is -2.10. The Morgan fingerprint density at radius 1 is 1.50 bits per heavy atom. The molecule has 0 saturated carbocycles. The number of hydrogen-bond acceptors (Lipinski definition) is 3. The summed E-state index contributed by atoms with van der Waals surface area (Å²) in [5.74, 6) is -0.155. The molecule has 2 rings (SSSR count). The van der Waals surface area contributed by atoms with Crippen LogP contribution in [0.3, 0.4) is 0 Å². The molecule has 0 aliphatic carbocycles. The van der Waals surface area contributed by atoms with Crippen molar-refractivity contribution in [1.29, 1.82) is 0 Å². The highest BCUT2D eigenvalue weighted by atomic mass is 16.4. The van der Waals surface area contributed by atoms with Gasteiger partial charge in [-0.3, -0.25) is 4.98 Å². The van der Waals surface area contributed by atoms with E-state index in [-0.39, 0.29) is 12.5 Å². The van der Waals surface area contributed by atoms with Gasteiger partial charge in [0.05, 0.1) is 5.52 Å². The van der Waals surface area contributed by atoms with Gasteiger partial charge in [-0.2, -0.15) is 0 Å². The van der Waals surface area contributed by atoms with Crippen molar-refractivity contribution in [3.63, 3.8) is 0 Å². The highest BCUT2D eigenvalue weighted by Crippen LogP contribution is 2.16. The number of fused-ring (bicyclic) bond motifs is 1. The number of benzene rings is 1. The van der Waals surface area contributed by atoms with Crippen LogP contribution in [0.1, 0.15) is 18.9 Å². The SMILES string of the molecule is CCC(CO)Cc1ccc2oc(=O)[nH]c2c1. The van der Waals surface area contributed by atoms with Crippen molar-refractivity contribution in [1.82, 2.24) is 4.98 Å². The number of nitrogens with one attached hydrogen (secondary N) is 1. The fourth-order valence-electron chi connectivity index (χ4n) is 1.80. The van der Waals surface area contributed by atoms with Crippen LogP contribution in [-0.2, 0) is 6.42 Å². The van der Waals surface area contributed by atoms with Crippen LogP contribution in [-0.4, -0.2) is 16.7 Å². The highest BCUT2D eigenvalue weighted by molar-refractivity contribution is 5.72. The molecule has 0 spiro atoms. The van der Waals surface area contributed by atoms with Gasteiger partial charge in [0.2, 0.25) is 0 Å². The van der Waals surface area contributed by atoms with E-state index < -0.39 is 5.76 Å². The Hall–Kier alpha value is -1.55. The molecule has 0 radical (unpaired) electrons. The number of hydrogen-bond donors (Lipinski definition) is 2. The fourth-order valence-corrected chi connectivity index (χ4v) is 1.80. The van der Waals surface area contributed by atoms with E-state index in [2.05, 4.69) is 11.9 Å². The third kappa shape index (κ3) is 2.17. The van der Waals surface area contributed by atoms with Crippen molar-refractivity contribution in [3.05, 3.63) is 34.3 Å². The van der Waals surface area contributed by atoms with Crippen molar-refractivity contribution in [2.24, 2.45) is 5.92 Å². The lowest BCUT2D eigenvalue weighted by Crippen LogP contribution is -2.07. The Morgan fingerprint density at radius 3 is 3.00 bits per heavy atom. The summed E-state index contributed by atoms with van der Waals surface area (Å²) < 4.78 is 4.92. The predicted molar refractivity (Wildman–Crippen MR) is 61.4 cm³/mol. The number of aliphatic hydroxyl groups excluding tert-OH is 1. The molecular formula is C12H15NO3. The molecule has 4 nitrogen and oxygen atoms in total. The van der Waals surface area contributed by atoms with Crippen LogP contribution in [0.4, 0.5) is 0 Å². The molecule has 2 N–H and O–H groups in total. The molecule has 1 aromatic carbocycles. The first-order valence-corrected chi connectivity index (χ1v) is 5.45. The number of rotatable bonds is 4. The molecule has 0 aliphatic rings. The van der Waals surface area contributed by atoms with Crippen molar-refractivity contribution in [2.45, 2.75) is 19.8 Å². The van der Waals surface area contributed by atoms with E-state index in [9.17, 15) is 4.79 Å². The van der Waals surface area contributed by atoms with Gasteiger partial charge in [-0.05, 0) is 30.0 Å². The first-order valence-electron chi connectivity index (χ1n) is 5.45. The first-order chi connectivity index (χ1) is 7.72. The predicted octanol–water partition coefficient (Wildman–Crippen LogP) is 1.68. The van der Waals surface area contributed by atoms with E-state index in [1.165, 1.54) is 0 Å². The Kier molecular flexibility index (Phi) is 3.10. The zero-order valence-corrected chi connectivity index (χ0v) is 9.19. The smallest absolute Gasteiger partial charge is 0.408 e. The van der Waals surface area contributed by atoms with Crippen LogP contribution in [0, 0.1) is 5.92 Å². The third-order valence-corrected chi connectivity index (χ3v) is 2.84. The lowest BCUT2D eigenvalue weighted by atomic mass is 9.98. The van der Waals surface area contributed by atoms with Crippen LogP contribution in [0.15, 0.2) is 27.4 Å². The monoisotopic (exact) mass is 221 g/mol. The third-order valence-electron chi connectivity index (χ3n) is 2.84. The summed E-state index contributed by atoms with van der Waals surface area (Å²) in [6.07, 6.45) is 1.76. The minimum atomic E-state index is -0.429. The van der Waals surface area contributed by atoms with Gasteiger partial charge in [0, 0.05) is 6.61 Å². The van der Waals surface area contributed by atoms with Crippen molar-refractivity contribution in [2.75, 3.05) is 6.61 Å². The van der Waals surface area contributed by atoms with Crippen molar-refractivity contribution in [3.8, 4) is 0 Å². The topological polar surface area (TPSA) is 66.2 Å². The molecule has 0 saturated heterocycles. The zero-order chi connectivity index (χ0) is 11.5. The van der Waals surface area contributed by atoms with E-state index >= 15 is 0 Å². The lowest BCUT2D eigenvalue weighted by molar-refractivity contribution is 0.222. The molecule has 0 fully saturated rings. The van der Waals surface area contributed by atoms with Gasteiger partial charge >= 0.3 is 5.76 Å². The zero-order valence-electron chi connectivity index (χ0n) is 9.19. The van der Waals surface area contributed by atoms with Crippen LogP contribution < -0.4 is 5.76 Å². The molecule has 0 bridgehead atoms. The summed E-state index contributed by atoms with van der Waals surface area (Å²) in [6.45, 7) is 2.25. The summed E-state index contributed by atoms with van der Waals surface area (Å²) >= 11 is 0. The summed E-state index contributed by atoms with van der Waals surface area (Å²) in [4.78, 5) is 13.6. The normalized spacial score (nSPS) is 13.1. The first kappa shape index (κ1) is 11.0. The van der Waals surface area contributed by atoms with E-state index in [1.807, 2.05) is 12.1 Å². The maximum Gasteiger partial charge on any atom is 0.417 e. The molecule has 1 atom stereocenters. The van der Waals surface area contributed by atoms with E-state index in [0.717, 1.165) is 23.9 Å². The summed E-state index contributed by atoms with van der Waals surface area (Å²) in [5, 5.41) is 9.13. The minimum absolute atomic E-state index is 0.191. The Balaban J connectivity index is 2.28. The van der Waals surface area contributed by atoms with Crippen molar-refractivity contribution < 1.29 is 9.52 Å². The Labute approximate surface area is 92.9 Å². The largest absolute Gasteiger partial charge is 0.417 e. The maximum atomic E-state index is 11.0. The van der Waals surface area contributed by atoms with Gasteiger partial charge in [-0.15, -0.1) is 0 Å². The molecule has 1 unspecified atom stereocenters. The number of H-pyrrole nitrogens is 1. The average molecular weight is 221 g/mol. The van der Waals surface area contributed by atoms with E-state index in [1.54, 1.807) is 6.07 Å². The molecule has 1 aromatic heterocycles. The molecule has 4 heteroatoms. The second-order valence-corrected chi connectivity index (χ2v) is 4.01. The van der Waals surface area contributed by atoms with Crippen LogP contribution in [0.2, 0.25) is 0 Å². The molecule has 1 heterocycles. The summed E-state index contributed by atoms with van der Waals surface area (Å²) in [5.41, 5.74) is 2.39. The standard InChI is InChI=1S/C12H15NO3/c1-2-8(7-14)5-9-3-4-11-10(6-9)13-12(15)16-11/h3-4,6,8,14H,2,5,7H2,1H3,(H,13,15). The molecular weight excluding hydrogens is 206 g/mol. The van der Waals surface area contributed by atoms with Crippen molar-refractivity contribution >= 4 is 11.1 Å². The molecule has 0 amide bonds. The highest BCUT2D eigenvalue weighted by Gasteiger charge is 2.08. The van der Waals surface area contributed by atoms with Gasteiger partial charge in [-0.1, -0.05) is 19.4 Å². The van der Waals surface area contributed by atoms with Crippen LogP contribution in [0.5, 0.6) is 0 Å². The maximum absolute atomic E-state index is 11.0. The van der Waals surface area contributed by atoms with Gasteiger partial charge in [0.25, 0.3) is 0 Å². The Morgan fingerprint density at radius 2 is 2.31 bits per heavy atom.